The number of carboxylic acid groups (broad SMARTS) is 1. The second kappa shape index (κ2) is 6.60. The first-order chi connectivity index (χ1) is 7.40. The molecule has 0 aromatic rings. The molecule has 0 heterocycles. The molecule has 16 heavy (non-hydrogen) atoms. The van der Waals surface area contributed by atoms with Crippen LogP contribution in [0.2, 0.25) is 0 Å². The van der Waals surface area contributed by atoms with Crippen LogP contribution in [-0.4, -0.2) is 41.0 Å². The third-order valence-corrected chi connectivity index (χ3v) is 1.67. The number of aliphatic hydroxyl groups excluding tert-OH is 1. The summed E-state index contributed by atoms with van der Waals surface area (Å²) in [5.41, 5.74) is -0.144. The summed E-state index contributed by atoms with van der Waals surface area (Å²) in [7, 11) is 0. The maximum absolute atomic E-state index is 11.3. The van der Waals surface area contributed by atoms with E-state index in [0.717, 1.165) is 6.21 Å². The summed E-state index contributed by atoms with van der Waals surface area (Å²) in [5.74, 6) is -2.11. The van der Waals surface area contributed by atoms with Gasteiger partial charge in [0, 0.05) is 6.21 Å². The van der Waals surface area contributed by atoms with Gasteiger partial charge in [0.05, 0.1) is 6.61 Å². The zero-order valence-electron chi connectivity index (χ0n) is 9.43. The van der Waals surface area contributed by atoms with Gasteiger partial charge in [-0.05, 0) is 20.8 Å². The Bertz CT molecular complexity index is 328. The third-order valence-electron chi connectivity index (χ3n) is 1.67. The van der Waals surface area contributed by atoms with E-state index in [1.54, 1.807) is 6.92 Å². The van der Waals surface area contributed by atoms with Gasteiger partial charge in [0.15, 0.2) is 0 Å². The summed E-state index contributed by atoms with van der Waals surface area (Å²) in [5, 5.41) is 17.8. The second-order valence-electron chi connectivity index (χ2n) is 3.01. The second-order valence-corrected chi connectivity index (χ2v) is 3.01. The molecule has 0 aliphatic carbocycles. The van der Waals surface area contributed by atoms with Crippen molar-refractivity contribution in [3.63, 3.8) is 0 Å². The van der Waals surface area contributed by atoms with E-state index in [9.17, 15) is 14.7 Å². The van der Waals surface area contributed by atoms with Crippen molar-refractivity contribution in [1.29, 1.82) is 0 Å². The number of allylic oxidation sites excluding steroid dienone is 1. The molecule has 6 heteroatoms. The predicted molar refractivity (Wildman–Crippen MR) is 57.6 cm³/mol. The van der Waals surface area contributed by atoms with Gasteiger partial charge in [-0.1, -0.05) is 0 Å². The van der Waals surface area contributed by atoms with Crippen molar-refractivity contribution in [2.75, 3.05) is 6.61 Å². The molecule has 0 aromatic heterocycles. The number of aliphatic hydroxyl groups is 1. The molecule has 0 aliphatic heterocycles. The minimum Gasteiger partial charge on any atom is -0.512 e. The summed E-state index contributed by atoms with van der Waals surface area (Å²) < 4.78 is 4.66. The van der Waals surface area contributed by atoms with Crippen LogP contribution in [0.3, 0.4) is 0 Å². The minimum atomic E-state index is -1.12. The largest absolute Gasteiger partial charge is 0.512 e. The van der Waals surface area contributed by atoms with Crippen LogP contribution >= 0.6 is 0 Å². The number of hydrogen-bond donors (Lipinski definition) is 2. The number of nitrogens with zero attached hydrogens (tertiary/aromatic N) is 1. The molecule has 0 aliphatic rings. The fourth-order valence-electron chi connectivity index (χ4n) is 0.753. The average Bonchev–Trinajstić information content (AvgIpc) is 2.17. The van der Waals surface area contributed by atoms with Crippen LogP contribution in [0.25, 0.3) is 0 Å². The van der Waals surface area contributed by atoms with Gasteiger partial charge in [-0.2, -0.15) is 0 Å². The highest BCUT2D eigenvalue weighted by Crippen LogP contribution is 2.02. The number of aliphatic carboxylic acids is 1. The molecule has 0 rings (SSSR count). The van der Waals surface area contributed by atoms with Crippen LogP contribution in [0.1, 0.15) is 20.8 Å². The molecular weight excluding hydrogens is 214 g/mol. The van der Waals surface area contributed by atoms with Crippen LogP contribution in [0.15, 0.2) is 16.3 Å². The van der Waals surface area contributed by atoms with Gasteiger partial charge in [0.1, 0.15) is 17.4 Å². The zero-order valence-corrected chi connectivity index (χ0v) is 9.43. The van der Waals surface area contributed by atoms with Crippen molar-refractivity contribution >= 4 is 18.2 Å². The summed E-state index contributed by atoms with van der Waals surface area (Å²) in [4.78, 5) is 25.4. The maximum Gasteiger partial charge on any atom is 0.343 e. The molecule has 0 saturated carbocycles. The Kier molecular flexibility index (Phi) is 5.84. The van der Waals surface area contributed by atoms with Crippen molar-refractivity contribution in [2.45, 2.75) is 26.8 Å². The highest BCUT2D eigenvalue weighted by atomic mass is 16.5. The number of carbonyl (C=O) groups excluding carboxylic acids is 1. The van der Waals surface area contributed by atoms with Gasteiger partial charge in [0.25, 0.3) is 0 Å². The van der Waals surface area contributed by atoms with Crippen molar-refractivity contribution in [1.82, 2.24) is 0 Å². The highest BCUT2D eigenvalue weighted by molar-refractivity contribution is 6.10. The Morgan fingerprint density at radius 1 is 1.44 bits per heavy atom. The Labute approximate surface area is 93.3 Å². The smallest absolute Gasteiger partial charge is 0.343 e. The number of aliphatic imine (C=N–C) groups is 1. The average molecular weight is 229 g/mol. The molecule has 1 unspecified atom stereocenters. The van der Waals surface area contributed by atoms with Gasteiger partial charge in [0.2, 0.25) is 0 Å². The molecule has 0 saturated heterocycles. The van der Waals surface area contributed by atoms with Crippen LogP contribution in [-0.2, 0) is 14.3 Å². The van der Waals surface area contributed by atoms with Crippen LogP contribution in [0.5, 0.6) is 0 Å². The molecule has 90 valence electrons. The predicted octanol–water partition coefficient (Wildman–Crippen LogP) is 0.925. The van der Waals surface area contributed by atoms with Crippen LogP contribution in [0, 0.1) is 0 Å². The Morgan fingerprint density at radius 2 is 2.00 bits per heavy atom. The van der Waals surface area contributed by atoms with E-state index in [2.05, 4.69) is 9.73 Å². The number of rotatable bonds is 5. The lowest BCUT2D eigenvalue weighted by Crippen LogP contribution is -2.16. The van der Waals surface area contributed by atoms with Crippen LogP contribution < -0.4 is 0 Å². The Morgan fingerprint density at radius 3 is 2.38 bits per heavy atom. The summed E-state index contributed by atoms with van der Waals surface area (Å²) >= 11 is 0. The first kappa shape index (κ1) is 14.2. The van der Waals surface area contributed by atoms with Crippen LogP contribution in [0.4, 0.5) is 0 Å². The molecular formula is C10H15NO5. The normalized spacial score (nSPS) is 14.4. The van der Waals surface area contributed by atoms with Gasteiger partial charge in [-0.25, -0.2) is 9.59 Å². The van der Waals surface area contributed by atoms with E-state index >= 15 is 0 Å². The minimum absolute atomic E-state index is 0.144. The van der Waals surface area contributed by atoms with Crippen molar-refractivity contribution in [2.24, 2.45) is 4.99 Å². The number of carbonyl (C=O) groups is 2. The van der Waals surface area contributed by atoms with E-state index in [1.807, 2.05) is 0 Å². The monoisotopic (exact) mass is 229 g/mol. The lowest BCUT2D eigenvalue weighted by atomic mass is 10.2. The number of esters is 1. The molecule has 0 aromatic carbocycles. The number of ether oxygens (including phenoxy) is 1. The lowest BCUT2D eigenvalue weighted by Gasteiger charge is -2.04. The lowest BCUT2D eigenvalue weighted by molar-refractivity contribution is -0.139. The fraction of sp³-hybridized carbons (Fsp3) is 0.500. The fourth-order valence-corrected chi connectivity index (χ4v) is 0.753. The van der Waals surface area contributed by atoms with Gasteiger partial charge in [-0.15, -0.1) is 0 Å². The molecule has 0 amide bonds. The third kappa shape index (κ3) is 4.59. The molecule has 0 spiro atoms. The first-order valence-electron chi connectivity index (χ1n) is 4.73. The van der Waals surface area contributed by atoms with E-state index in [-0.39, 0.29) is 17.9 Å². The SMILES string of the molecule is CCOC(=O)C(C=NC(C)C(=O)O)=C(C)O. The van der Waals surface area contributed by atoms with Gasteiger partial charge >= 0.3 is 11.9 Å². The highest BCUT2D eigenvalue weighted by Gasteiger charge is 2.13. The van der Waals surface area contributed by atoms with Crippen molar-refractivity contribution < 1.29 is 24.5 Å². The topological polar surface area (TPSA) is 96.2 Å². The number of carboxylic acids is 1. The van der Waals surface area contributed by atoms with Crippen molar-refractivity contribution in [3.05, 3.63) is 11.3 Å². The summed E-state index contributed by atoms with van der Waals surface area (Å²) in [6.45, 7) is 4.44. The number of hydrogen-bond acceptors (Lipinski definition) is 5. The van der Waals surface area contributed by atoms with Crippen molar-refractivity contribution in [3.8, 4) is 0 Å². The molecule has 0 radical (unpaired) electrons. The zero-order chi connectivity index (χ0) is 12.7. The maximum atomic E-state index is 11.3. The molecule has 0 bridgehead atoms. The standard InChI is InChI=1S/C10H15NO5/c1-4-16-10(15)8(7(3)12)5-11-6(2)9(13)14/h5-6,12H,4H2,1-3H3,(H,13,14). The van der Waals surface area contributed by atoms with E-state index in [4.69, 9.17) is 5.11 Å². The van der Waals surface area contributed by atoms with E-state index in [0.29, 0.717) is 0 Å². The summed E-state index contributed by atoms with van der Waals surface area (Å²) in [6.07, 6.45) is 1.01. The van der Waals surface area contributed by atoms with E-state index in [1.165, 1.54) is 13.8 Å². The van der Waals surface area contributed by atoms with E-state index < -0.39 is 18.0 Å². The Balaban J connectivity index is 4.80. The van der Waals surface area contributed by atoms with Gasteiger partial charge in [-0.3, -0.25) is 4.99 Å². The molecule has 2 N–H and O–H groups in total. The molecule has 6 nitrogen and oxygen atoms in total. The first-order valence-corrected chi connectivity index (χ1v) is 4.73. The molecule has 1 atom stereocenters. The Hall–Kier alpha value is -1.85. The quantitative estimate of drug-likeness (QED) is 0.316. The van der Waals surface area contributed by atoms with Gasteiger partial charge < -0.3 is 14.9 Å². The summed E-state index contributed by atoms with van der Waals surface area (Å²) in [6, 6.07) is -0.983. The molecule has 0 fully saturated rings.